The highest BCUT2D eigenvalue weighted by Gasteiger charge is 2.35. The van der Waals surface area contributed by atoms with Crippen molar-refractivity contribution in [3.05, 3.63) is 35.9 Å². The molecule has 0 saturated carbocycles. The summed E-state index contributed by atoms with van der Waals surface area (Å²) < 4.78 is 22.7. The van der Waals surface area contributed by atoms with E-state index in [9.17, 15) is 23.1 Å². The zero-order valence-electron chi connectivity index (χ0n) is 10.7. The predicted octanol–water partition coefficient (Wildman–Crippen LogP) is 0.363. The second-order valence-electron chi connectivity index (χ2n) is 4.79. The lowest BCUT2D eigenvalue weighted by molar-refractivity contribution is -0.142. The lowest BCUT2D eigenvalue weighted by Crippen LogP contribution is -2.38. The largest absolute Gasteiger partial charge is 0.479 e. The van der Waals surface area contributed by atoms with Crippen molar-refractivity contribution in [3.8, 4) is 0 Å². The topological polar surface area (TPSA) is 101 Å². The van der Waals surface area contributed by atoms with E-state index in [-0.39, 0.29) is 17.9 Å². The molecule has 1 aliphatic rings. The number of carbonyl (C=O) groups excluding carboxylic acids is 1. The fourth-order valence-corrected chi connectivity index (χ4v) is 3.94. The van der Waals surface area contributed by atoms with Crippen LogP contribution in [0.5, 0.6) is 0 Å². The first-order valence-electron chi connectivity index (χ1n) is 6.17. The average Bonchev–Trinajstić information content (AvgIpc) is 2.77. The van der Waals surface area contributed by atoms with Gasteiger partial charge in [-0.25, -0.2) is 13.2 Å². The van der Waals surface area contributed by atoms with Crippen molar-refractivity contribution in [2.24, 2.45) is 5.92 Å². The maximum Gasteiger partial charge on any atom is 0.330 e. The van der Waals surface area contributed by atoms with E-state index in [1.807, 2.05) is 0 Å². The van der Waals surface area contributed by atoms with Crippen LogP contribution in [0, 0.1) is 5.92 Å². The second-order valence-corrected chi connectivity index (χ2v) is 7.02. The van der Waals surface area contributed by atoms with E-state index in [0.717, 1.165) is 0 Å². The summed E-state index contributed by atoms with van der Waals surface area (Å²) >= 11 is 0. The number of hydrogen-bond acceptors (Lipinski definition) is 4. The van der Waals surface area contributed by atoms with E-state index in [4.69, 9.17) is 0 Å². The highest BCUT2D eigenvalue weighted by Crippen LogP contribution is 2.20. The molecule has 1 unspecified atom stereocenters. The SMILES string of the molecule is O=C(N[C@H](C(=O)O)c1ccccc1)C1CCS(=O)(=O)C1. The van der Waals surface area contributed by atoms with E-state index < -0.39 is 33.7 Å². The van der Waals surface area contributed by atoms with Crippen LogP contribution in [-0.2, 0) is 19.4 Å². The van der Waals surface area contributed by atoms with Gasteiger partial charge in [-0.2, -0.15) is 0 Å². The molecule has 1 aromatic rings. The van der Waals surface area contributed by atoms with Crippen molar-refractivity contribution < 1.29 is 23.1 Å². The third kappa shape index (κ3) is 3.36. The van der Waals surface area contributed by atoms with E-state index in [2.05, 4.69) is 5.32 Å². The monoisotopic (exact) mass is 297 g/mol. The van der Waals surface area contributed by atoms with Gasteiger partial charge in [0.1, 0.15) is 0 Å². The van der Waals surface area contributed by atoms with Crippen LogP contribution in [0.25, 0.3) is 0 Å². The van der Waals surface area contributed by atoms with Crippen LogP contribution in [0.15, 0.2) is 30.3 Å². The Labute approximate surface area is 116 Å². The minimum Gasteiger partial charge on any atom is -0.479 e. The predicted molar refractivity (Wildman–Crippen MR) is 71.7 cm³/mol. The molecular formula is C13H15NO5S. The number of benzene rings is 1. The number of carboxylic acid groups (broad SMARTS) is 1. The molecule has 1 saturated heterocycles. The van der Waals surface area contributed by atoms with Gasteiger partial charge in [-0.05, 0) is 12.0 Å². The number of aliphatic carboxylic acids is 1. The molecule has 2 atom stereocenters. The van der Waals surface area contributed by atoms with Gasteiger partial charge in [0.25, 0.3) is 0 Å². The molecule has 6 nitrogen and oxygen atoms in total. The van der Waals surface area contributed by atoms with Crippen LogP contribution in [0.4, 0.5) is 0 Å². The Kier molecular flexibility index (Phi) is 4.08. The first-order chi connectivity index (χ1) is 9.39. The molecule has 2 N–H and O–H groups in total. The molecule has 0 aromatic heterocycles. The van der Waals surface area contributed by atoms with Crippen molar-refractivity contribution in [3.63, 3.8) is 0 Å². The molecule has 108 valence electrons. The fraction of sp³-hybridized carbons (Fsp3) is 0.385. The van der Waals surface area contributed by atoms with Gasteiger partial charge in [0.2, 0.25) is 5.91 Å². The average molecular weight is 297 g/mol. The molecule has 20 heavy (non-hydrogen) atoms. The van der Waals surface area contributed by atoms with Crippen molar-refractivity contribution in [2.75, 3.05) is 11.5 Å². The number of carboxylic acids is 1. The molecule has 1 fully saturated rings. The molecule has 0 aliphatic carbocycles. The molecule has 0 spiro atoms. The number of nitrogens with one attached hydrogen (secondary N) is 1. The van der Waals surface area contributed by atoms with E-state index in [1.165, 1.54) is 0 Å². The zero-order valence-corrected chi connectivity index (χ0v) is 11.5. The van der Waals surface area contributed by atoms with Crippen molar-refractivity contribution in [1.29, 1.82) is 0 Å². The number of carbonyl (C=O) groups is 2. The molecule has 0 bridgehead atoms. The van der Waals surface area contributed by atoms with Crippen molar-refractivity contribution in [2.45, 2.75) is 12.5 Å². The summed E-state index contributed by atoms with van der Waals surface area (Å²) in [7, 11) is -3.17. The zero-order chi connectivity index (χ0) is 14.8. The number of amides is 1. The lowest BCUT2D eigenvalue weighted by atomic mass is 10.0. The maximum absolute atomic E-state index is 12.0. The summed E-state index contributed by atoms with van der Waals surface area (Å²) in [5.41, 5.74) is 0.453. The summed E-state index contributed by atoms with van der Waals surface area (Å²) in [4.78, 5) is 23.2. The number of rotatable bonds is 4. The molecule has 2 rings (SSSR count). The van der Waals surface area contributed by atoms with Crippen molar-refractivity contribution in [1.82, 2.24) is 5.32 Å². The van der Waals surface area contributed by atoms with Gasteiger partial charge < -0.3 is 10.4 Å². The highest BCUT2D eigenvalue weighted by molar-refractivity contribution is 7.91. The van der Waals surface area contributed by atoms with Gasteiger partial charge in [-0.3, -0.25) is 4.79 Å². The van der Waals surface area contributed by atoms with E-state index in [1.54, 1.807) is 30.3 Å². The summed E-state index contributed by atoms with van der Waals surface area (Å²) in [5, 5.41) is 11.6. The van der Waals surface area contributed by atoms with Crippen LogP contribution in [0.3, 0.4) is 0 Å². The molecule has 1 aromatic carbocycles. The third-order valence-corrected chi connectivity index (χ3v) is 5.04. The minimum absolute atomic E-state index is 0.0197. The number of hydrogen-bond donors (Lipinski definition) is 2. The minimum atomic E-state index is -3.17. The molecule has 1 amide bonds. The van der Waals surface area contributed by atoms with E-state index >= 15 is 0 Å². The summed E-state index contributed by atoms with van der Waals surface area (Å²) in [6.45, 7) is 0. The molecule has 7 heteroatoms. The van der Waals surface area contributed by atoms with Crippen LogP contribution in [-0.4, -0.2) is 36.9 Å². The molecule has 1 aliphatic heterocycles. The second kappa shape index (κ2) is 5.62. The highest BCUT2D eigenvalue weighted by atomic mass is 32.2. The standard InChI is InChI=1S/C13H15NO5S/c15-12(10-6-7-20(18,19)8-10)14-11(13(16)17)9-4-2-1-3-5-9/h1-5,10-11H,6-8H2,(H,14,15)(H,16,17)/t10?,11-/m0/s1. The normalized spacial score (nSPS) is 22.1. The van der Waals surface area contributed by atoms with Crippen LogP contribution < -0.4 is 5.32 Å². The lowest BCUT2D eigenvalue weighted by Gasteiger charge is -2.17. The van der Waals surface area contributed by atoms with Gasteiger partial charge in [-0.15, -0.1) is 0 Å². The Morgan fingerprint density at radius 2 is 1.90 bits per heavy atom. The van der Waals surface area contributed by atoms with Crippen LogP contribution in [0.1, 0.15) is 18.0 Å². The number of sulfone groups is 1. The van der Waals surface area contributed by atoms with E-state index in [0.29, 0.717) is 5.56 Å². The van der Waals surface area contributed by atoms with Gasteiger partial charge >= 0.3 is 5.97 Å². The quantitative estimate of drug-likeness (QED) is 0.836. The van der Waals surface area contributed by atoms with Crippen LogP contribution >= 0.6 is 0 Å². The Morgan fingerprint density at radius 3 is 2.40 bits per heavy atom. The summed E-state index contributed by atoms with van der Waals surface area (Å²) in [5.74, 6) is -2.59. The Hall–Kier alpha value is -1.89. The first kappa shape index (κ1) is 14.5. The fourth-order valence-electron chi connectivity index (χ4n) is 2.20. The summed E-state index contributed by atoms with van der Waals surface area (Å²) in [6, 6.07) is 7.14. The summed E-state index contributed by atoms with van der Waals surface area (Å²) in [6.07, 6.45) is 0.245. The van der Waals surface area contributed by atoms with Gasteiger partial charge in [0.05, 0.1) is 17.4 Å². The van der Waals surface area contributed by atoms with Gasteiger partial charge in [-0.1, -0.05) is 30.3 Å². The maximum atomic E-state index is 12.0. The molecular weight excluding hydrogens is 282 g/mol. The molecule has 1 heterocycles. The van der Waals surface area contributed by atoms with Gasteiger partial charge in [0, 0.05) is 0 Å². The Morgan fingerprint density at radius 1 is 1.25 bits per heavy atom. The third-order valence-electron chi connectivity index (χ3n) is 3.27. The smallest absolute Gasteiger partial charge is 0.330 e. The Balaban J connectivity index is 2.10. The first-order valence-corrected chi connectivity index (χ1v) is 8.00. The van der Waals surface area contributed by atoms with Crippen LogP contribution in [0.2, 0.25) is 0 Å². The Bertz CT molecular complexity index is 611. The van der Waals surface area contributed by atoms with Crippen molar-refractivity contribution >= 4 is 21.7 Å². The van der Waals surface area contributed by atoms with Gasteiger partial charge in [0.15, 0.2) is 15.9 Å². The molecule has 0 radical (unpaired) electrons.